The minimum Gasteiger partial charge on any atom is -0.388 e. The molecule has 0 aromatic heterocycles. The van der Waals surface area contributed by atoms with Crippen molar-refractivity contribution in [2.45, 2.75) is 26.4 Å². The molecule has 0 amide bonds. The first kappa shape index (κ1) is 7.11. The van der Waals surface area contributed by atoms with Gasteiger partial charge in [-0.25, -0.2) is 0 Å². The van der Waals surface area contributed by atoms with Crippen molar-refractivity contribution in [3.05, 3.63) is 23.8 Å². The summed E-state index contributed by atoms with van der Waals surface area (Å²) in [6.45, 7) is 4.34. The van der Waals surface area contributed by atoms with Crippen LogP contribution in [-0.4, -0.2) is 11.2 Å². The highest BCUT2D eigenvalue weighted by Crippen LogP contribution is 2.49. The van der Waals surface area contributed by atoms with Crippen LogP contribution in [0.4, 0.5) is 0 Å². The highest BCUT2D eigenvalue weighted by Gasteiger charge is 2.43. The van der Waals surface area contributed by atoms with Crippen molar-refractivity contribution in [1.82, 2.24) is 0 Å². The van der Waals surface area contributed by atoms with E-state index in [1.807, 2.05) is 6.08 Å². The molecule has 2 rings (SSSR count). The average molecular weight is 150 g/mol. The van der Waals surface area contributed by atoms with Gasteiger partial charge in [0, 0.05) is 5.92 Å². The lowest BCUT2D eigenvalue weighted by Crippen LogP contribution is -2.25. The molecule has 3 atom stereocenters. The van der Waals surface area contributed by atoms with Crippen LogP contribution in [0.3, 0.4) is 0 Å². The van der Waals surface area contributed by atoms with Crippen LogP contribution in [0.2, 0.25) is 0 Å². The van der Waals surface area contributed by atoms with E-state index in [4.69, 9.17) is 0 Å². The summed E-state index contributed by atoms with van der Waals surface area (Å²) in [4.78, 5) is 0. The van der Waals surface area contributed by atoms with Crippen molar-refractivity contribution in [2.24, 2.45) is 11.3 Å². The van der Waals surface area contributed by atoms with E-state index in [0.29, 0.717) is 5.92 Å². The van der Waals surface area contributed by atoms with Gasteiger partial charge in [-0.15, -0.1) is 0 Å². The molecule has 2 aliphatic rings. The van der Waals surface area contributed by atoms with E-state index in [1.165, 1.54) is 5.57 Å². The molecule has 0 saturated carbocycles. The minimum absolute atomic E-state index is 0.226. The first-order valence-corrected chi connectivity index (χ1v) is 4.17. The van der Waals surface area contributed by atoms with E-state index >= 15 is 0 Å². The van der Waals surface area contributed by atoms with Gasteiger partial charge < -0.3 is 5.11 Å². The van der Waals surface area contributed by atoms with Gasteiger partial charge in [-0.3, -0.25) is 0 Å². The van der Waals surface area contributed by atoms with Crippen LogP contribution in [0.25, 0.3) is 0 Å². The van der Waals surface area contributed by atoms with Crippen LogP contribution >= 0.6 is 0 Å². The highest BCUT2D eigenvalue weighted by atomic mass is 16.3. The van der Waals surface area contributed by atoms with Gasteiger partial charge >= 0.3 is 0 Å². The third kappa shape index (κ3) is 0.807. The quantitative estimate of drug-likeness (QED) is 0.523. The number of rotatable bonds is 0. The smallest absolute Gasteiger partial charge is 0.0794 e. The maximum absolute atomic E-state index is 9.61. The van der Waals surface area contributed by atoms with Crippen LogP contribution in [0.1, 0.15) is 20.3 Å². The van der Waals surface area contributed by atoms with Gasteiger partial charge in [-0.1, -0.05) is 30.7 Å². The molecule has 0 aromatic carbocycles. The van der Waals surface area contributed by atoms with Crippen LogP contribution in [-0.2, 0) is 0 Å². The molecule has 0 radical (unpaired) electrons. The Balaban J connectivity index is 2.35. The molecule has 60 valence electrons. The fraction of sp³-hybridized carbons (Fsp3) is 0.600. The molecule has 2 aliphatic carbocycles. The van der Waals surface area contributed by atoms with Gasteiger partial charge in [0.1, 0.15) is 0 Å². The zero-order valence-electron chi connectivity index (χ0n) is 7.04. The number of aliphatic hydroxyl groups is 1. The lowest BCUT2D eigenvalue weighted by Gasteiger charge is -2.26. The summed E-state index contributed by atoms with van der Waals surface area (Å²) >= 11 is 0. The lowest BCUT2D eigenvalue weighted by atomic mass is 9.79. The third-order valence-electron chi connectivity index (χ3n) is 3.08. The molecule has 1 N–H and O–H groups in total. The second-order valence-corrected chi connectivity index (χ2v) is 3.99. The number of hydrogen-bond acceptors (Lipinski definition) is 1. The lowest BCUT2D eigenvalue weighted by molar-refractivity contribution is 0.138. The Morgan fingerprint density at radius 2 is 2.36 bits per heavy atom. The van der Waals surface area contributed by atoms with Gasteiger partial charge in [0.15, 0.2) is 0 Å². The van der Waals surface area contributed by atoms with Gasteiger partial charge in [-0.2, -0.15) is 0 Å². The van der Waals surface area contributed by atoms with E-state index in [0.717, 1.165) is 6.42 Å². The summed E-state index contributed by atoms with van der Waals surface area (Å²) in [6, 6.07) is 0. The maximum Gasteiger partial charge on any atom is 0.0794 e. The van der Waals surface area contributed by atoms with Gasteiger partial charge in [0.25, 0.3) is 0 Å². The summed E-state index contributed by atoms with van der Waals surface area (Å²) in [5.41, 5.74) is 1.58. The molecule has 1 nitrogen and oxygen atoms in total. The van der Waals surface area contributed by atoms with Crippen LogP contribution < -0.4 is 0 Å². The zero-order valence-corrected chi connectivity index (χ0v) is 7.04. The van der Waals surface area contributed by atoms with E-state index in [2.05, 4.69) is 26.0 Å². The Kier molecular flexibility index (Phi) is 1.28. The van der Waals surface area contributed by atoms with Crippen LogP contribution in [0.15, 0.2) is 23.8 Å². The fourth-order valence-electron chi connectivity index (χ4n) is 2.42. The Morgan fingerprint density at radius 1 is 1.64 bits per heavy atom. The average Bonchev–Trinajstić information content (AvgIpc) is 2.38. The van der Waals surface area contributed by atoms with Gasteiger partial charge in [0.2, 0.25) is 0 Å². The second kappa shape index (κ2) is 1.98. The summed E-state index contributed by atoms with van der Waals surface area (Å²) < 4.78 is 0. The minimum atomic E-state index is -0.237. The van der Waals surface area contributed by atoms with E-state index in [9.17, 15) is 5.11 Å². The number of hydrogen-bond donors (Lipinski definition) is 1. The van der Waals surface area contributed by atoms with Crippen molar-refractivity contribution < 1.29 is 5.11 Å². The molecule has 0 saturated heterocycles. The normalized spacial score (nSPS) is 47.7. The topological polar surface area (TPSA) is 20.2 Å². The Labute approximate surface area is 67.4 Å². The number of aliphatic hydroxyl groups excluding tert-OH is 1. The number of allylic oxidation sites excluding steroid dienone is 2. The van der Waals surface area contributed by atoms with E-state index in [-0.39, 0.29) is 11.5 Å². The molecule has 0 aliphatic heterocycles. The predicted octanol–water partition coefficient (Wildman–Crippen LogP) is 1.89. The molecule has 11 heavy (non-hydrogen) atoms. The number of fused-ring (bicyclic) bond motifs is 1. The zero-order chi connectivity index (χ0) is 8.06. The molecule has 1 heteroatoms. The first-order valence-electron chi connectivity index (χ1n) is 4.17. The van der Waals surface area contributed by atoms with Crippen molar-refractivity contribution in [2.75, 3.05) is 0 Å². The van der Waals surface area contributed by atoms with E-state index < -0.39 is 0 Å². The predicted molar refractivity (Wildman–Crippen MR) is 45.1 cm³/mol. The van der Waals surface area contributed by atoms with Gasteiger partial charge in [0.05, 0.1) is 6.10 Å². The molecule has 0 fully saturated rings. The first-order chi connectivity index (χ1) is 5.13. The van der Waals surface area contributed by atoms with Crippen molar-refractivity contribution >= 4 is 0 Å². The SMILES string of the molecule is CC1=CC[C@@]2(C)C=C[C@H](O)[C@@H]12. The second-order valence-electron chi connectivity index (χ2n) is 3.99. The largest absolute Gasteiger partial charge is 0.388 e. The Hall–Kier alpha value is -0.560. The van der Waals surface area contributed by atoms with Gasteiger partial charge in [-0.05, 0) is 18.8 Å². The van der Waals surface area contributed by atoms with Crippen molar-refractivity contribution in [3.8, 4) is 0 Å². The molecule has 0 bridgehead atoms. The molecule has 0 spiro atoms. The Bertz CT molecular complexity index is 239. The van der Waals surface area contributed by atoms with Crippen LogP contribution in [0, 0.1) is 11.3 Å². The standard InChI is InChI=1S/C10H14O/c1-7-3-5-10(2)6-4-8(11)9(7)10/h3-4,6,8-9,11H,5H2,1-2H3/t8-,9+,10-/m0/s1. The van der Waals surface area contributed by atoms with Crippen molar-refractivity contribution in [1.29, 1.82) is 0 Å². The fourth-order valence-corrected chi connectivity index (χ4v) is 2.42. The summed E-state index contributed by atoms with van der Waals surface area (Å²) in [7, 11) is 0. The summed E-state index contributed by atoms with van der Waals surface area (Å²) in [5, 5.41) is 9.61. The molecule has 0 unspecified atom stereocenters. The molecule has 0 aromatic rings. The molecular formula is C10H14O. The third-order valence-corrected chi connectivity index (χ3v) is 3.08. The monoisotopic (exact) mass is 150 g/mol. The van der Waals surface area contributed by atoms with E-state index in [1.54, 1.807) is 0 Å². The summed E-state index contributed by atoms with van der Waals surface area (Å²) in [6.07, 6.45) is 7.20. The van der Waals surface area contributed by atoms with Crippen molar-refractivity contribution in [3.63, 3.8) is 0 Å². The molecule has 0 heterocycles. The summed E-state index contributed by atoms with van der Waals surface area (Å²) in [5.74, 6) is 0.363. The highest BCUT2D eigenvalue weighted by molar-refractivity contribution is 5.30. The molecular weight excluding hydrogens is 136 g/mol. The Morgan fingerprint density at radius 3 is 3.00 bits per heavy atom. The maximum atomic E-state index is 9.61. The van der Waals surface area contributed by atoms with Crippen LogP contribution in [0.5, 0.6) is 0 Å².